The minimum Gasteiger partial charge on any atom is -0.506 e. The maximum absolute atomic E-state index is 10.3. The van der Waals surface area contributed by atoms with Crippen molar-refractivity contribution < 1.29 is 44.2 Å². The number of aromatic nitrogens is 2. The van der Waals surface area contributed by atoms with Crippen LogP contribution in [-0.4, -0.2) is 77.3 Å². The molecule has 1 aliphatic heterocycles. The summed E-state index contributed by atoms with van der Waals surface area (Å²) in [4.78, 5) is 17.8. The molecular formula is C18H24N2O9. The van der Waals surface area contributed by atoms with Crippen molar-refractivity contribution in [1.29, 1.82) is 0 Å². The number of aliphatic hydroxyl groups is 2. The van der Waals surface area contributed by atoms with Crippen molar-refractivity contribution in [2.75, 3.05) is 40.6 Å². The lowest BCUT2D eigenvalue weighted by atomic mass is 10.2. The molecule has 3 heterocycles. The number of nitrogens with zero attached hydrogens (tertiary/aromatic N) is 2. The lowest BCUT2D eigenvalue weighted by Gasteiger charge is -2.11. The average Bonchev–Trinajstić information content (AvgIpc) is 3.30. The van der Waals surface area contributed by atoms with Crippen LogP contribution in [0.15, 0.2) is 24.5 Å². The fraction of sp³-hybridized carbons (Fsp3) is 0.389. The summed E-state index contributed by atoms with van der Waals surface area (Å²) < 4.78 is 20.2. The second-order valence-corrected chi connectivity index (χ2v) is 5.21. The van der Waals surface area contributed by atoms with E-state index in [0.29, 0.717) is 36.8 Å². The smallest absolute Gasteiger partial charge is 0.213 e. The van der Waals surface area contributed by atoms with Gasteiger partial charge in [0.15, 0.2) is 12.6 Å². The lowest BCUT2D eigenvalue weighted by molar-refractivity contribution is -0.0456. The summed E-state index contributed by atoms with van der Waals surface area (Å²) in [5.74, 6) is 0.653. The van der Waals surface area contributed by atoms with Crippen molar-refractivity contribution in [3.8, 4) is 23.3 Å². The molecule has 0 amide bonds. The molecule has 0 aromatic carbocycles. The Balaban J connectivity index is 0.000000251. The van der Waals surface area contributed by atoms with E-state index >= 15 is 0 Å². The maximum Gasteiger partial charge on any atom is 0.213 e. The monoisotopic (exact) mass is 412 g/mol. The normalized spacial score (nSPS) is 12.8. The van der Waals surface area contributed by atoms with E-state index in [-0.39, 0.29) is 30.3 Å². The zero-order chi connectivity index (χ0) is 21.6. The summed E-state index contributed by atoms with van der Waals surface area (Å²) in [7, 11) is 2.95. The highest BCUT2D eigenvalue weighted by molar-refractivity contribution is 5.79. The molecule has 0 saturated carbocycles. The number of aldehydes is 1. The molecule has 4 N–H and O–H groups in total. The summed E-state index contributed by atoms with van der Waals surface area (Å²) in [6.07, 6.45) is 2.52. The summed E-state index contributed by atoms with van der Waals surface area (Å²) in [5, 5.41) is 33.7. The fourth-order valence-corrected chi connectivity index (χ4v) is 1.93. The molecule has 2 aromatic rings. The average molecular weight is 412 g/mol. The van der Waals surface area contributed by atoms with Crippen LogP contribution in [-0.2, 0) is 9.47 Å². The van der Waals surface area contributed by atoms with E-state index in [2.05, 4.69) is 9.97 Å². The van der Waals surface area contributed by atoms with Crippen molar-refractivity contribution in [3.05, 3.63) is 35.7 Å². The first-order valence-electron chi connectivity index (χ1n) is 8.36. The maximum atomic E-state index is 10.3. The van der Waals surface area contributed by atoms with Crippen LogP contribution >= 0.6 is 0 Å². The van der Waals surface area contributed by atoms with Gasteiger partial charge in [-0.1, -0.05) is 0 Å². The molecule has 2 aromatic heterocycles. The number of hydrogen-bond acceptors (Lipinski definition) is 11. The van der Waals surface area contributed by atoms with E-state index in [1.54, 1.807) is 6.07 Å². The first kappa shape index (κ1) is 24.0. The largest absolute Gasteiger partial charge is 0.506 e. The lowest BCUT2D eigenvalue weighted by Crippen LogP contribution is -2.00. The molecule has 1 aliphatic rings. The molecule has 1 saturated heterocycles. The van der Waals surface area contributed by atoms with Gasteiger partial charge >= 0.3 is 0 Å². The number of hydrogen-bond donors (Lipinski definition) is 4. The number of rotatable bonds is 5. The molecule has 0 atom stereocenters. The first-order chi connectivity index (χ1) is 14.0. The van der Waals surface area contributed by atoms with Crippen LogP contribution in [0, 0.1) is 0 Å². The number of carbonyl (C=O) groups excluding carboxylic acids is 1. The van der Waals surface area contributed by atoms with Crippen LogP contribution in [0.4, 0.5) is 0 Å². The van der Waals surface area contributed by atoms with Gasteiger partial charge in [0, 0.05) is 12.1 Å². The van der Waals surface area contributed by atoms with Gasteiger partial charge in [-0.25, -0.2) is 9.97 Å². The van der Waals surface area contributed by atoms with Gasteiger partial charge in [0.05, 0.1) is 64.2 Å². The second-order valence-electron chi connectivity index (χ2n) is 5.21. The topological polar surface area (TPSA) is 161 Å². The van der Waals surface area contributed by atoms with Gasteiger partial charge in [-0.05, 0) is 0 Å². The van der Waals surface area contributed by atoms with E-state index in [0.717, 1.165) is 0 Å². The molecule has 0 spiro atoms. The van der Waals surface area contributed by atoms with Crippen LogP contribution in [0.2, 0.25) is 0 Å². The molecule has 29 heavy (non-hydrogen) atoms. The predicted molar refractivity (Wildman–Crippen MR) is 99.1 cm³/mol. The van der Waals surface area contributed by atoms with Gasteiger partial charge in [0.2, 0.25) is 11.8 Å². The Morgan fingerprint density at radius 2 is 1.52 bits per heavy atom. The van der Waals surface area contributed by atoms with Crippen molar-refractivity contribution in [3.63, 3.8) is 0 Å². The SMILES string of the molecule is COc1cc(C2OCCO2)c(O)cn1.COc1cc(C=O)c(O)cn1.OCCO. The number of pyridine rings is 2. The molecule has 11 nitrogen and oxygen atoms in total. The summed E-state index contributed by atoms with van der Waals surface area (Å²) >= 11 is 0. The molecule has 0 radical (unpaired) electrons. The molecular weight excluding hydrogens is 388 g/mol. The summed E-state index contributed by atoms with van der Waals surface area (Å²) in [6.45, 7) is 0.823. The highest BCUT2D eigenvalue weighted by Gasteiger charge is 2.22. The van der Waals surface area contributed by atoms with Crippen molar-refractivity contribution in [2.45, 2.75) is 6.29 Å². The van der Waals surface area contributed by atoms with E-state index in [4.69, 9.17) is 34.3 Å². The van der Waals surface area contributed by atoms with Crippen LogP contribution < -0.4 is 9.47 Å². The Hall–Kier alpha value is -2.99. The third-order valence-corrected chi connectivity index (χ3v) is 3.30. The van der Waals surface area contributed by atoms with Crippen molar-refractivity contribution in [2.24, 2.45) is 0 Å². The third-order valence-electron chi connectivity index (χ3n) is 3.30. The number of ether oxygens (including phenoxy) is 4. The van der Waals surface area contributed by atoms with Gasteiger partial charge in [-0.15, -0.1) is 0 Å². The predicted octanol–water partition coefficient (Wildman–Crippen LogP) is 0.420. The van der Waals surface area contributed by atoms with E-state index < -0.39 is 6.29 Å². The van der Waals surface area contributed by atoms with Crippen molar-refractivity contribution in [1.82, 2.24) is 9.97 Å². The Kier molecular flexibility index (Phi) is 11.0. The van der Waals surface area contributed by atoms with E-state index in [9.17, 15) is 9.90 Å². The highest BCUT2D eigenvalue weighted by Crippen LogP contribution is 2.31. The molecule has 1 fully saturated rings. The van der Waals surface area contributed by atoms with Crippen molar-refractivity contribution >= 4 is 6.29 Å². The number of carbonyl (C=O) groups is 1. The highest BCUT2D eigenvalue weighted by atomic mass is 16.7. The zero-order valence-corrected chi connectivity index (χ0v) is 16.0. The van der Waals surface area contributed by atoms with Gasteiger partial charge < -0.3 is 39.4 Å². The molecule has 160 valence electrons. The van der Waals surface area contributed by atoms with Crippen LogP contribution in [0.3, 0.4) is 0 Å². The Morgan fingerprint density at radius 3 is 2.00 bits per heavy atom. The van der Waals surface area contributed by atoms with Gasteiger partial charge in [0.25, 0.3) is 0 Å². The molecule has 0 aliphatic carbocycles. The minimum absolute atomic E-state index is 0.0534. The number of methoxy groups -OCH3 is 2. The molecule has 0 bridgehead atoms. The number of aliphatic hydroxyl groups excluding tert-OH is 2. The fourth-order valence-electron chi connectivity index (χ4n) is 1.93. The Morgan fingerprint density at radius 1 is 1.00 bits per heavy atom. The standard InChI is InChI=1S/C9H11NO4.C7H7NO3.C2H6O2/c1-12-8-4-6(7(11)5-10-8)9-13-2-3-14-9;1-11-7-2-5(4-9)6(10)3-8-7;3-1-2-4/h4-5,9,11H,2-3H2,1H3;2-4,10H,1H3;3-4H,1-2H2. The van der Waals surface area contributed by atoms with Crippen LogP contribution in [0.25, 0.3) is 0 Å². The van der Waals surface area contributed by atoms with Gasteiger partial charge in [0.1, 0.15) is 11.5 Å². The van der Waals surface area contributed by atoms with Crippen LogP contribution in [0.1, 0.15) is 22.2 Å². The Bertz CT molecular complexity index is 750. The molecule has 3 rings (SSSR count). The zero-order valence-electron chi connectivity index (χ0n) is 16.0. The van der Waals surface area contributed by atoms with E-state index in [1.165, 1.54) is 32.7 Å². The minimum atomic E-state index is -0.508. The summed E-state index contributed by atoms with van der Waals surface area (Å²) in [5.41, 5.74) is 0.728. The molecule has 11 heteroatoms. The van der Waals surface area contributed by atoms with E-state index in [1.807, 2.05) is 0 Å². The molecule has 0 unspecified atom stereocenters. The third kappa shape index (κ3) is 7.87. The summed E-state index contributed by atoms with van der Waals surface area (Å²) in [6, 6.07) is 2.97. The first-order valence-corrected chi connectivity index (χ1v) is 8.36. The van der Waals surface area contributed by atoms with Gasteiger partial charge in [-0.2, -0.15) is 0 Å². The van der Waals surface area contributed by atoms with Gasteiger partial charge in [-0.3, -0.25) is 4.79 Å². The number of aromatic hydroxyl groups is 2. The second kappa shape index (κ2) is 13.2. The Labute approximate surface area is 167 Å². The quantitative estimate of drug-likeness (QED) is 0.504. The van der Waals surface area contributed by atoms with Crippen LogP contribution in [0.5, 0.6) is 23.3 Å².